The zero-order chi connectivity index (χ0) is 13.6. The zero-order valence-electron chi connectivity index (χ0n) is 10.5. The molecule has 0 bridgehead atoms. The minimum absolute atomic E-state index is 0.0207. The number of benzene rings is 2. The van der Waals surface area contributed by atoms with E-state index in [0.29, 0.717) is 22.8 Å². The van der Waals surface area contributed by atoms with E-state index in [1.165, 1.54) is 0 Å². The molecule has 3 nitrogen and oxygen atoms in total. The van der Waals surface area contributed by atoms with Crippen LogP contribution in [-0.4, -0.2) is 5.91 Å². The van der Waals surface area contributed by atoms with E-state index in [2.05, 4.69) is 0 Å². The molecule has 0 aliphatic carbocycles. The fourth-order valence-corrected chi connectivity index (χ4v) is 2.61. The van der Waals surface area contributed by atoms with Gasteiger partial charge in [-0.05, 0) is 36.8 Å². The summed E-state index contributed by atoms with van der Waals surface area (Å²) in [5.41, 5.74) is 9.92. The zero-order valence-corrected chi connectivity index (χ0v) is 11.2. The van der Waals surface area contributed by atoms with Gasteiger partial charge in [0.25, 0.3) is 5.91 Å². The highest BCUT2D eigenvalue weighted by Crippen LogP contribution is 2.34. The van der Waals surface area contributed by atoms with Crippen molar-refractivity contribution in [1.29, 1.82) is 0 Å². The predicted molar refractivity (Wildman–Crippen MR) is 77.6 cm³/mol. The highest BCUT2D eigenvalue weighted by Gasteiger charge is 2.30. The summed E-state index contributed by atoms with van der Waals surface area (Å²) in [6, 6.07) is 11.0. The summed E-state index contributed by atoms with van der Waals surface area (Å²) in [4.78, 5) is 14.2. The Morgan fingerprint density at radius 1 is 1.21 bits per heavy atom. The molecule has 0 fully saturated rings. The monoisotopic (exact) mass is 272 g/mol. The van der Waals surface area contributed by atoms with Gasteiger partial charge in [-0.3, -0.25) is 4.79 Å². The molecule has 3 rings (SSSR count). The first-order valence-electron chi connectivity index (χ1n) is 6.04. The SMILES string of the molecule is Cc1c(Cl)cccc1N1Cc2c(N)cccc2C1=O. The molecule has 1 aliphatic rings. The molecule has 19 heavy (non-hydrogen) atoms. The molecule has 2 aromatic rings. The van der Waals surface area contributed by atoms with Crippen LogP contribution >= 0.6 is 11.6 Å². The van der Waals surface area contributed by atoms with Gasteiger partial charge in [0.1, 0.15) is 0 Å². The molecule has 1 amide bonds. The first kappa shape index (κ1) is 12.1. The average molecular weight is 273 g/mol. The Hall–Kier alpha value is -2.00. The van der Waals surface area contributed by atoms with E-state index in [9.17, 15) is 4.79 Å². The molecule has 0 radical (unpaired) electrons. The third-order valence-corrected chi connectivity index (χ3v) is 3.94. The van der Waals surface area contributed by atoms with Crippen molar-refractivity contribution in [2.24, 2.45) is 0 Å². The fourth-order valence-electron chi connectivity index (χ4n) is 2.44. The Morgan fingerprint density at radius 2 is 1.95 bits per heavy atom. The highest BCUT2D eigenvalue weighted by molar-refractivity contribution is 6.32. The minimum Gasteiger partial charge on any atom is -0.398 e. The van der Waals surface area contributed by atoms with Crippen molar-refractivity contribution >= 4 is 28.9 Å². The maximum absolute atomic E-state index is 12.4. The van der Waals surface area contributed by atoms with Crippen LogP contribution in [0, 0.1) is 6.92 Å². The molecule has 0 unspecified atom stereocenters. The van der Waals surface area contributed by atoms with Crippen LogP contribution in [0.4, 0.5) is 11.4 Å². The number of nitrogens with two attached hydrogens (primary N) is 1. The summed E-state index contributed by atoms with van der Waals surface area (Å²) >= 11 is 6.12. The Kier molecular flexibility index (Phi) is 2.72. The molecule has 1 heterocycles. The van der Waals surface area contributed by atoms with Crippen molar-refractivity contribution in [3.63, 3.8) is 0 Å². The van der Waals surface area contributed by atoms with Gasteiger partial charge in [-0.1, -0.05) is 23.7 Å². The maximum Gasteiger partial charge on any atom is 0.259 e. The number of hydrogen-bond donors (Lipinski definition) is 1. The van der Waals surface area contributed by atoms with Crippen molar-refractivity contribution in [3.05, 3.63) is 58.1 Å². The van der Waals surface area contributed by atoms with E-state index in [0.717, 1.165) is 16.8 Å². The number of carbonyl (C=O) groups is 1. The van der Waals surface area contributed by atoms with Gasteiger partial charge >= 0.3 is 0 Å². The van der Waals surface area contributed by atoms with Crippen molar-refractivity contribution < 1.29 is 4.79 Å². The summed E-state index contributed by atoms with van der Waals surface area (Å²) < 4.78 is 0. The predicted octanol–water partition coefficient (Wildman–Crippen LogP) is 3.39. The van der Waals surface area contributed by atoms with Crippen LogP contribution in [0.5, 0.6) is 0 Å². The van der Waals surface area contributed by atoms with Crippen LogP contribution in [0.15, 0.2) is 36.4 Å². The third-order valence-electron chi connectivity index (χ3n) is 3.53. The molecule has 0 atom stereocenters. The number of halogens is 1. The lowest BCUT2D eigenvalue weighted by atomic mass is 10.1. The topological polar surface area (TPSA) is 46.3 Å². The summed E-state index contributed by atoms with van der Waals surface area (Å²) in [6.45, 7) is 2.42. The summed E-state index contributed by atoms with van der Waals surface area (Å²) in [5, 5.41) is 0.661. The number of rotatable bonds is 1. The third kappa shape index (κ3) is 1.78. The lowest BCUT2D eigenvalue weighted by Crippen LogP contribution is -2.23. The Balaban J connectivity index is 2.09. The molecule has 96 valence electrons. The van der Waals surface area contributed by atoms with Crippen molar-refractivity contribution in [1.82, 2.24) is 0 Å². The number of nitrogens with zero attached hydrogens (tertiary/aromatic N) is 1. The molecule has 0 spiro atoms. The summed E-state index contributed by atoms with van der Waals surface area (Å²) in [6.07, 6.45) is 0. The van der Waals surface area contributed by atoms with Gasteiger partial charge < -0.3 is 10.6 Å². The van der Waals surface area contributed by atoms with Crippen LogP contribution in [0.3, 0.4) is 0 Å². The smallest absolute Gasteiger partial charge is 0.259 e. The number of amides is 1. The van der Waals surface area contributed by atoms with E-state index in [1.54, 1.807) is 11.0 Å². The average Bonchev–Trinajstić information content (AvgIpc) is 2.72. The van der Waals surface area contributed by atoms with Crippen LogP contribution in [0.2, 0.25) is 5.02 Å². The van der Waals surface area contributed by atoms with Gasteiger partial charge in [0.15, 0.2) is 0 Å². The second-order valence-corrected chi connectivity index (χ2v) is 5.06. The van der Waals surface area contributed by atoms with Gasteiger partial charge in [0.05, 0.1) is 6.54 Å². The standard InChI is InChI=1S/C15H13ClN2O/c1-9-12(16)5-3-7-14(9)18-8-11-10(15(18)19)4-2-6-13(11)17/h2-7H,8,17H2,1H3. The number of carbonyl (C=O) groups excluding carboxylic acids is 1. The van der Waals surface area contributed by atoms with Crippen molar-refractivity contribution in [2.45, 2.75) is 13.5 Å². The van der Waals surface area contributed by atoms with Gasteiger partial charge in [-0.25, -0.2) is 0 Å². The lowest BCUT2D eigenvalue weighted by Gasteiger charge is -2.19. The Morgan fingerprint density at radius 3 is 2.68 bits per heavy atom. The van der Waals surface area contributed by atoms with E-state index in [-0.39, 0.29) is 5.91 Å². The molecule has 2 aromatic carbocycles. The molecule has 1 aliphatic heterocycles. The number of hydrogen-bond acceptors (Lipinski definition) is 2. The van der Waals surface area contributed by atoms with Gasteiger partial charge in [-0.15, -0.1) is 0 Å². The second kappa shape index (κ2) is 4.28. The van der Waals surface area contributed by atoms with Crippen LogP contribution in [0.25, 0.3) is 0 Å². The van der Waals surface area contributed by atoms with E-state index in [1.807, 2.05) is 37.3 Å². The normalized spacial score (nSPS) is 13.8. The number of nitrogen functional groups attached to an aromatic ring is 1. The Labute approximate surface area is 116 Å². The van der Waals surface area contributed by atoms with E-state index >= 15 is 0 Å². The van der Waals surface area contributed by atoms with Crippen LogP contribution in [0.1, 0.15) is 21.5 Å². The molecule has 0 saturated heterocycles. The second-order valence-electron chi connectivity index (χ2n) is 4.65. The molecule has 4 heteroatoms. The highest BCUT2D eigenvalue weighted by atomic mass is 35.5. The van der Waals surface area contributed by atoms with Crippen LogP contribution < -0.4 is 10.6 Å². The van der Waals surface area contributed by atoms with E-state index in [4.69, 9.17) is 17.3 Å². The van der Waals surface area contributed by atoms with E-state index < -0.39 is 0 Å². The Bertz CT molecular complexity index is 682. The number of anilines is 2. The summed E-state index contributed by atoms with van der Waals surface area (Å²) in [7, 11) is 0. The van der Waals surface area contributed by atoms with Crippen molar-refractivity contribution in [2.75, 3.05) is 10.6 Å². The van der Waals surface area contributed by atoms with Crippen molar-refractivity contribution in [3.8, 4) is 0 Å². The molecule has 2 N–H and O–H groups in total. The van der Waals surface area contributed by atoms with Crippen LogP contribution in [-0.2, 0) is 6.54 Å². The first-order valence-corrected chi connectivity index (χ1v) is 6.41. The molecular formula is C15H13ClN2O. The first-order chi connectivity index (χ1) is 9.09. The molecular weight excluding hydrogens is 260 g/mol. The maximum atomic E-state index is 12.4. The molecule has 0 aromatic heterocycles. The molecule has 0 saturated carbocycles. The minimum atomic E-state index is -0.0207. The lowest BCUT2D eigenvalue weighted by molar-refractivity contribution is 0.0996. The largest absolute Gasteiger partial charge is 0.398 e. The van der Waals surface area contributed by atoms with Gasteiger partial charge in [-0.2, -0.15) is 0 Å². The number of fused-ring (bicyclic) bond motifs is 1. The summed E-state index contributed by atoms with van der Waals surface area (Å²) in [5.74, 6) is -0.0207. The van der Waals surface area contributed by atoms with Gasteiger partial charge in [0.2, 0.25) is 0 Å². The quantitative estimate of drug-likeness (QED) is 0.809. The fraction of sp³-hybridized carbons (Fsp3) is 0.133. The van der Waals surface area contributed by atoms with Gasteiger partial charge in [0, 0.05) is 27.5 Å².